The average Bonchev–Trinajstić information content (AvgIpc) is 2.25. The van der Waals surface area contributed by atoms with E-state index in [1.54, 1.807) is 6.07 Å². The minimum absolute atomic E-state index is 0.263. The lowest BCUT2D eigenvalue weighted by Crippen LogP contribution is -2.24. The minimum atomic E-state index is -2.82. The molecule has 0 spiro atoms. The van der Waals surface area contributed by atoms with Gasteiger partial charge in [0.15, 0.2) is 0 Å². The predicted molar refractivity (Wildman–Crippen MR) is 65.9 cm³/mol. The van der Waals surface area contributed by atoms with E-state index in [4.69, 9.17) is 5.73 Å². The second kappa shape index (κ2) is 4.64. The molecule has 0 saturated carbocycles. The SMILES string of the molecule is Nc1cc(F)ccc1CC1CCS(=O)(=O)CC1. The van der Waals surface area contributed by atoms with Gasteiger partial charge < -0.3 is 5.73 Å². The lowest BCUT2D eigenvalue weighted by atomic mass is 9.93. The first-order valence-electron chi connectivity index (χ1n) is 5.70. The van der Waals surface area contributed by atoms with Crippen LogP contribution in [0.3, 0.4) is 0 Å². The zero-order chi connectivity index (χ0) is 12.5. The van der Waals surface area contributed by atoms with Crippen LogP contribution >= 0.6 is 0 Å². The van der Waals surface area contributed by atoms with Crippen LogP contribution in [0.1, 0.15) is 18.4 Å². The molecule has 0 radical (unpaired) electrons. The van der Waals surface area contributed by atoms with Crippen molar-refractivity contribution in [1.82, 2.24) is 0 Å². The molecule has 1 aromatic carbocycles. The molecule has 1 aliphatic rings. The monoisotopic (exact) mass is 257 g/mol. The first-order valence-corrected chi connectivity index (χ1v) is 7.53. The molecule has 0 amide bonds. The van der Waals surface area contributed by atoms with Gasteiger partial charge in [0.1, 0.15) is 15.7 Å². The van der Waals surface area contributed by atoms with Crippen molar-refractivity contribution in [2.24, 2.45) is 5.92 Å². The van der Waals surface area contributed by atoms with E-state index in [2.05, 4.69) is 0 Å². The van der Waals surface area contributed by atoms with Crippen LogP contribution in [0.2, 0.25) is 0 Å². The Bertz CT molecular complexity index is 499. The Labute approximate surface area is 101 Å². The van der Waals surface area contributed by atoms with Crippen LogP contribution in [-0.4, -0.2) is 19.9 Å². The largest absolute Gasteiger partial charge is 0.398 e. The maximum absolute atomic E-state index is 12.9. The summed E-state index contributed by atoms with van der Waals surface area (Å²) in [6.45, 7) is 0. The molecule has 0 atom stereocenters. The van der Waals surface area contributed by atoms with Gasteiger partial charge in [-0.15, -0.1) is 0 Å². The Hall–Kier alpha value is -1.10. The van der Waals surface area contributed by atoms with Crippen molar-refractivity contribution in [2.45, 2.75) is 19.3 Å². The maximum Gasteiger partial charge on any atom is 0.150 e. The number of halogens is 1. The second-order valence-electron chi connectivity index (χ2n) is 4.64. The van der Waals surface area contributed by atoms with Crippen LogP contribution in [-0.2, 0) is 16.3 Å². The van der Waals surface area contributed by atoms with Gasteiger partial charge >= 0.3 is 0 Å². The van der Waals surface area contributed by atoms with E-state index in [1.807, 2.05) is 0 Å². The van der Waals surface area contributed by atoms with Crippen LogP contribution in [0.25, 0.3) is 0 Å². The highest BCUT2D eigenvalue weighted by molar-refractivity contribution is 7.91. The second-order valence-corrected chi connectivity index (χ2v) is 6.95. The molecule has 1 aromatic rings. The number of rotatable bonds is 2. The van der Waals surface area contributed by atoms with Crippen LogP contribution in [0.5, 0.6) is 0 Å². The van der Waals surface area contributed by atoms with E-state index in [9.17, 15) is 12.8 Å². The molecule has 1 saturated heterocycles. The summed E-state index contributed by atoms with van der Waals surface area (Å²) in [6.07, 6.45) is 2.10. The molecule has 5 heteroatoms. The Morgan fingerprint density at radius 3 is 2.53 bits per heavy atom. The Balaban J connectivity index is 2.02. The smallest absolute Gasteiger partial charge is 0.150 e. The summed E-state index contributed by atoms with van der Waals surface area (Å²) < 4.78 is 35.4. The molecule has 3 nitrogen and oxygen atoms in total. The van der Waals surface area contributed by atoms with Crippen LogP contribution in [0.15, 0.2) is 18.2 Å². The lowest BCUT2D eigenvalue weighted by molar-refractivity contribution is 0.463. The number of hydrogen-bond donors (Lipinski definition) is 1. The van der Waals surface area contributed by atoms with E-state index >= 15 is 0 Å². The van der Waals surface area contributed by atoms with E-state index in [0.29, 0.717) is 24.4 Å². The van der Waals surface area contributed by atoms with E-state index in [1.165, 1.54) is 12.1 Å². The number of hydrogen-bond acceptors (Lipinski definition) is 3. The standard InChI is InChI=1S/C12H16FNO2S/c13-11-2-1-10(12(14)8-11)7-9-3-5-17(15,16)6-4-9/h1-2,8-9H,3-7,14H2. The molecular weight excluding hydrogens is 241 g/mol. The van der Waals surface area contributed by atoms with Gasteiger partial charge in [0.05, 0.1) is 11.5 Å². The van der Waals surface area contributed by atoms with Gasteiger partial charge in [-0.3, -0.25) is 0 Å². The normalized spacial score (nSPS) is 20.3. The molecule has 0 unspecified atom stereocenters. The summed E-state index contributed by atoms with van der Waals surface area (Å²) in [5.74, 6) is 0.529. The molecule has 2 N–H and O–H groups in total. The highest BCUT2D eigenvalue weighted by Gasteiger charge is 2.24. The lowest BCUT2D eigenvalue weighted by Gasteiger charge is -2.22. The highest BCUT2D eigenvalue weighted by atomic mass is 32.2. The molecule has 1 fully saturated rings. The molecule has 2 rings (SSSR count). The van der Waals surface area contributed by atoms with Crippen molar-refractivity contribution in [2.75, 3.05) is 17.2 Å². The quantitative estimate of drug-likeness (QED) is 0.821. The fourth-order valence-electron chi connectivity index (χ4n) is 2.21. The number of benzene rings is 1. The van der Waals surface area contributed by atoms with Crippen molar-refractivity contribution in [3.63, 3.8) is 0 Å². The van der Waals surface area contributed by atoms with Gasteiger partial charge in [-0.2, -0.15) is 0 Å². The summed E-state index contributed by atoms with van der Waals surface area (Å²) in [4.78, 5) is 0. The maximum atomic E-state index is 12.9. The van der Waals surface area contributed by atoms with Crippen LogP contribution < -0.4 is 5.73 Å². The number of nitrogens with two attached hydrogens (primary N) is 1. The van der Waals surface area contributed by atoms with Gasteiger partial charge in [-0.05, 0) is 42.9 Å². The van der Waals surface area contributed by atoms with Gasteiger partial charge in [0, 0.05) is 5.69 Å². The zero-order valence-electron chi connectivity index (χ0n) is 9.52. The first-order chi connectivity index (χ1) is 7.96. The predicted octanol–water partition coefficient (Wildman–Crippen LogP) is 1.78. The molecule has 17 heavy (non-hydrogen) atoms. The molecule has 1 heterocycles. The van der Waals surface area contributed by atoms with Crippen molar-refractivity contribution in [3.05, 3.63) is 29.6 Å². The molecule has 0 aromatic heterocycles. The Morgan fingerprint density at radius 2 is 1.94 bits per heavy atom. The van der Waals surface area contributed by atoms with E-state index < -0.39 is 9.84 Å². The molecule has 94 valence electrons. The van der Waals surface area contributed by atoms with Crippen molar-refractivity contribution >= 4 is 15.5 Å². The highest BCUT2D eigenvalue weighted by Crippen LogP contribution is 2.25. The average molecular weight is 257 g/mol. The fourth-order valence-corrected chi connectivity index (χ4v) is 3.79. The van der Waals surface area contributed by atoms with Crippen LogP contribution in [0, 0.1) is 11.7 Å². The van der Waals surface area contributed by atoms with Gasteiger partial charge in [-0.25, -0.2) is 12.8 Å². The summed E-state index contributed by atoms with van der Waals surface area (Å²) >= 11 is 0. The molecule has 0 bridgehead atoms. The summed E-state index contributed by atoms with van der Waals surface area (Å²) in [6, 6.07) is 4.40. The number of nitrogen functional groups attached to an aromatic ring is 1. The van der Waals surface area contributed by atoms with E-state index in [-0.39, 0.29) is 17.3 Å². The topological polar surface area (TPSA) is 60.2 Å². The third-order valence-corrected chi connectivity index (χ3v) is 5.01. The third-order valence-electron chi connectivity index (χ3n) is 3.29. The minimum Gasteiger partial charge on any atom is -0.398 e. The van der Waals surface area contributed by atoms with E-state index in [0.717, 1.165) is 12.0 Å². The van der Waals surface area contributed by atoms with Crippen molar-refractivity contribution in [3.8, 4) is 0 Å². The Morgan fingerprint density at radius 1 is 1.29 bits per heavy atom. The van der Waals surface area contributed by atoms with Crippen molar-refractivity contribution < 1.29 is 12.8 Å². The third kappa shape index (κ3) is 3.19. The van der Waals surface area contributed by atoms with Crippen LogP contribution in [0.4, 0.5) is 10.1 Å². The zero-order valence-corrected chi connectivity index (χ0v) is 10.3. The molecule has 0 aliphatic carbocycles. The fraction of sp³-hybridized carbons (Fsp3) is 0.500. The van der Waals surface area contributed by atoms with Crippen molar-refractivity contribution in [1.29, 1.82) is 0 Å². The summed E-state index contributed by atoms with van der Waals surface area (Å²) in [7, 11) is -2.82. The summed E-state index contributed by atoms with van der Waals surface area (Å²) in [5, 5.41) is 0. The Kier molecular flexibility index (Phi) is 3.38. The summed E-state index contributed by atoms with van der Waals surface area (Å²) in [5.41, 5.74) is 7.10. The number of sulfone groups is 1. The number of anilines is 1. The molecular formula is C12H16FNO2S. The first kappa shape index (κ1) is 12.4. The van der Waals surface area contributed by atoms with Gasteiger partial charge in [0.2, 0.25) is 0 Å². The molecule has 1 aliphatic heterocycles. The van der Waals surface area contributed by atoms with Gasteiger partial charge in [-0.1, -0.05) is 6.07 Å². The van der Waals surface area contributed by atoms with Gasteiger partial charge in [0.25, 0.3) is 0 Å².